The van der Waals surface area contributed by atoms with Crippen molar-refractivity contribution in [3.63, 3.8) is 0 Å². The predicted molar refractivity (Wildman–Crippen MR) is 177 cm³/mol. The number of ether oxygens (including phenoxy) is 2. The molecule has 7 aromatic rings. The summed E-state index contributed by atoms with van der Waals surface area (Å²) in [5.74, 6) is 1.96. The Hall–Kier alpha value is -7.15. The number of halogens is 4. The molecule has 16 nitrogen and oxygen atoms in total. The van der Waals surface area contributed by atoms with Crippen molar-refractivity contribution in [2.24, 2.45) is 0 Å². The Morgan fingerprint density at radius 3 is 1.77 bits per heavy atom. The smallest absolute Gasteiger partial charge is 0.417 e. The molecule has 0 spiro atoms. The fourth-order valence-electron chi connectivity index (χ4n) is 4.17. The molecule has 0 aliphatic carbocycles. The number of amides is 2. The van der Waals surface area contributed by atoms with E-state index in [1.807, 2.05) is 0 Å². The molecular formula is C32H21ClF3N11O5. The van der Waals surface area contributed by atoms with Gasteiger partial charge in [-0.25, -0.2) is 24.7 Å². The number of aromatic nitrogens is 8. The van der Waals surface area contributed by atoms with Gasteiger partial charge in [0.25, 0.3) is 11.8 Å². The molecule has 0 saturated heterocycles. The van der Waals surface area contributed by atoms with E-state index in [0.29, 0.717) is 46.0 Å². The monoisotopic (exact) mass is 731 g/mol. The van der Waals surface area contributed by atoms with Crippen molar-refractivity contribution in [1.29, 1.82) is 0 Å². The SMILES string of the molecule is Nc1cccc(Oc2cc(-c3ncno3)ncn2)c1.O=C(Nc1cccc(Oc2cc(-c3ncno3)ncn2)c1)Nc1ccc(Cl)c(C(F)(F)F)c1. The first-order valence-corrected chi connectivity index (χ1v) is 14.9. The van der Waals surface area contributed by atoms with Gasteiger partial charge in [-0.3, -0.25) is 0 Å². The number of alkyl halides is 3. The topological polar surface area (TPSA) is 215 Å². The van der Waals surface area contributed by atoms with E-state index in [1.54, 1.807) is 48.5 Å². The van der Waals surface area contributed by atoms with E-state index in [9.17, 15) is 18.0 Å². The molecule has 0 unspecified atom stereocenters. The van der Waals surface area contributed by atoms with Gasteiger partial charge in [0.1, 0.15) is 35.5 Å². The van der Waals surface area contributed by atoms with Crippen molar-refractivity contribution in [3.8, 4) is 46.4 Å². The molecule has 0 saturated carbocycles. The highest BCUT2D eigenvalue weighted by atomic mass is 35.5. The first-order valence-electron chi connectivity index (χ1n) is 14.5. The number of carbonyl (C=O) groups excluding carboxylic acids is 1. The van der Waals surface area contributed by atoms with Crippen LogP contribution in [-0.4, -0.2) is 46.2 Å². The molecule has 0 aliphatic heterocycles. The Kier molecular flexibility index (Phi) is 10.4. The quantitative estimate of drug-likeness (QED) is 0.129. The molecule has 3 aromatic carbocycles. The van der Waals surface area contributed by atoms with E-state index < -0.39 is 22.8 Å². The fraction of sp³-hybridized carbons (Fsp3) is 0.0312. The second kappa shape index (κ2) is 15.6. The van der Waals surface area contributed by atoms with Gasteiger partial charge in [-0.15, -0.1) is 0 Å². The van der Waals surface area contributed by atoms with Crippen molar-refractivity contribution in [2.75, 3.05) is 16.4 Å². The summed E-state index contributed by atoms with van der Waals surface area (Å²) in [5, 5.41) is 11.4. The van der Waals surface area contributed by atoms with Crippen molar-refractivity contribution >= 4 is 34.7 Å². The van der Waals surface area contributed by atoms with Crippen LogP contribution in [-0.2, 0) is 6.18 Å². The maximum absolute atomic E-state index is 13.0. The van der Waals surface area contributed by atoms with Crippen LogP contribution < -0.4 is 25.8 Å². The number of carbonyl (C=O) groups is 1. The second-order valence-corrected chi connectivity index (χ2v) is 10.5. The van der Waals surface area contributed by atoms with Crippen LogP contribution >= 0.6 is 11.6 Å². The van der Waals surface area contributed by atoms with Crippen LogP contribution in [0.3, 0.4) is 0 Å². The molecule has 20 heteroatoms. The predicted octanol–water partition coefficient (Wildman–Crippen LogP) is 7.54. The highest BCUT2D eigenvalue weighted by Crippen LogP contribution is 2.36. The summed E-state index contributed by atoms with van der Waals surface area (Å²) in [4.78, 5) is 36.1. The Morgan fingerprint density at radius 1 is 0.673 bits per heavy atom. The third kappa shape index (κ3) is 9.30. The van der Waals surface area contributed by atoms with Gasteiger partial charge in [0.2, 0.25) is 11.8 Å². The van der Waals surface area contributed by atoms with Crippen molar-refractivity contribution in [3.05, 3.63) is 115 Å². The molecule has 4 N–H and O–H groups in total. The number of hydrogen-bond donors (Lipinski definition) is 3. The van der Waals surface area contributed by atoms with Crippen LogP contribution in [0.15, 0.2) is 113 Å². The van der Waals surface area contributed by atoms with Crippen LogP contribution in [0.25, 0.3) is 23.2 Å². The minimum Gasteiger partial charge on any atom is -0.439 e. The van der Waals surface area contributed by atoms with E-state index in [4.69, 9.17) is 35.9 Å². The van der Waals surface area contributed by atoms with Crippen LogP contribution in [0.5, 0.6) is 23.3 Å². The molecule has 2 amide bonds. The maximum Gasteiger partial charge on any atom is 0.417 e. The van der Waals surface area contributed by atoms with E-state index in [1.165, 1.54) is 43.5 Å². The molecule has 4 heterocycles. The number of nitrogens with one attached hydrogen (secondary N) is 2. The molecule has 7 rings (SSSR count). The van der Waals surface area contributed by atoms with E-state index in [2.05, 4.69) is 50.9 Å². The molecule has 0 atom stereocenters. The van der Waals surface area contributed by atoms with Gasteiger partial charge in [-0.1, -0.05) is 34.0 Å². The summed E-state index contributed by atoms with van der Waals surface area (Å²) < 4.78 is 60.1. The van der Waals surface area contributed by atoms with Crippen LogP contribution in [0, 0.1) is 0 Å². The number of anilines is 3. The van der Waals surface area contributed by atoms with Gasteiger partial charge in [-0.2, -0.15) is 23.1 Å². The normalized spacial score (nSPS) is 10.8. The number of hydrogen-bond acceptors (Lipinski definition) is 14. The maximum atomic E-state index is 13.0. The molecule has 4 aromatic heterocycles. The number of benzene rings is 3. The Balaban J connectivity index is 0.000000206. The molecular weight excluding hydrogens is 711 g/mol. The van der Waals surface area contributed by atoms with Crippen molar-refractivity contribution in [1.82, 2.24) is 40.2 Å². The van der Waals surface area contributed by atoms with E-state index in [-0.39, 0.29) is 17.5 Å². The lowest BCUT2D eigenvalue weighted by molar-refractivity contribution is -0.137. The van der Waals surface area contributed by atoms with E-state index in [0.717, 1.165) is 12.1 Å². The molecule has 0 radical (unpaired) electrons. The third-order valence-corrected chi connectivity index (χ3v) is 6.70. The van der Waals surface area contributed by atoms with Gasteiger partial charge in [-0.05, 0) is 42.5 Å². The van der Waals surface area contributed by atoms with Crippen molar-refractivity contribution in [2.45, 2.75) is 6.18 Å². The first kappa shape index (κ1) is 34.7. The summed E-state index contributed by atoms with van der Waals surface area (Å²) in [6.45, 7) is 0. The third-order valence-electron chi connectivity index (χ3n) is 6.37. The highest BCUT2D eigenvalue weighted by Gasteiger charge is 2.33. The summed E-state index contributed by atoms with van der Waals surface area (Å²) in [6, 6.07) is 18.7. The molecule has 262 valence electrons. The minimum atomic E-state index is -4.65. The van der Waals surface area contributed by atoms with Crippen LogP contribution in [0.2, 0.25) is 5.02 Å². The average Bonchev–Trinajstić information content (AvgIpc) is 3.86. The standard InChI is InChI=1S/C20H12ClF3N6O3.C12H9N5O2/c21-15-5-4-12(7-14(15)20(22,23)24)30-19(31)29-11-2-1-3-13(6-11)32-17-8-16(25-9-26-17)18-27-10-28-33-18;13-8-2-1-3-9(4-8)18-11-5-10(14-6-15-11)12-16-7-17-19-12/h1-10H,(H2,29,30,31);1-7H,13H2. The van der Waals surface area contributed by atoms with Gasteiger partial charge in [0.15, 0.2) is 12.7 Å². The number of nitrogens with zero attached hydrogens (tertiary/aromatic N) is 8. The average molecular weight is 732 g/mol. The Morgan fingerprint density at radius 2 is 1.23 bits per heavy atom. The summed E-state index contributed by atoms with van der Waals surface area (Å²) in [7, 11) is 0. The lowest BCUT2D eigenvalue weighted by Gasteiger charge is -2.13. The Bertz CT molecular complexity index is 2280. The minimum absolute atomic E-state index is 0.0776. The molecule has 52 heavy (non-hydrogen) atoms. The zero-order valence-corrected chi connectivity index (χ0v) is 26.8. The lowest BCUT2D eigenvalue weighted by atomic mass is 10.2. The Labute approximate surface area is 294 Å². The zero-order valence-electron chi connectivity index (χ0n) is 26.0. The number of urea groups is 1. The fourth-order valence-corrected chi connectivity index (χ4v) is 4.39. The molecule has 0 aliphatic rings. The van der Waals surface area contributed by atoms with Gasteiger partial charge < -0.3 is 34.9 Å². The van der Waals surface area contributed by atoms with Gasteiger partial charge >= 0.3 is 12.2 Å². The van der Waals surface area contributed by atoms with Gasteiger partial charge in [0.05, 0.1) is 10.6 Å². The highest BCUT2D eigenvalue weighted by molar-refractivity contribution is 6.31. The number of nitrogens with two attached hydrogens (primary N) is 1. The molecule has 0 fully saturated rings. The van der Waals surface area contributed by atoms with Crippen LogP contribution in [0.1, 0.15) is 5.56 Å². The summed E-state index contributed by atoms with van der Waals surface area (Å²) >= 11 is 5.59. The van der Waals surface area contributed by atoms with Crippen LogP contribution in [0.4, 0.5) is 35.0 Å². The molecule has 0 bridgehead atoms. The summed E-state index contributed by atoms with van der Waals surface area (Å²) in [5.41, 5.74) is 6.32. The van der Waals surface area contributed by atoms with Gasteiger partial charge in [0, 0.05) is 41.3 Å². The largest absolute Gasteiger partial charge is 0.439 e. The zero-order chi connectivity index (χ0) is 36.5. The van der Waals surface area contributed by atoms with Crippen molar-refractivity contribution < 1.29 is 36.5 Å². The van der Waals surface area contributed by atoms with E-state index >= 15 is 0 Å². The first-order chi connectivity index (χ1) is 25.1. The summed E-state index contributed by atoms with van der Waals surface area (Å²) in [6.07, 6.45) is 0.496. The second-order valence-electron chi connectivity index (χ2n) is 10.1. The number of rotatable bonds is 8. The number of nitrogen functional groups attached to an aromatic ring is 1. The lowest BCUT2D eigenvalue weighted by Crippen LogP contribution is -2.20.